The molecule has 1 fully saturated rings. The number of hydrogen-bond acceptors (Lipinski definition) is 4. The summed E-state index contributed by atoms with van der Waals surface area (Å²) >= 11 is 0. The zero-order chi connectivity index (χ0) is 23.9. The predicted molar refractivity (Wildman–Crippen MR) is 140 cm³/mol. The van der Waals surface area contributed by atoms with E-state index in [1.165, 1.54) is 32.4 Å². The number of carbonyl (C=O) groups is 2. The second-order valence-electron chi connectivity index (χ2n) is 9.51. The van der Waals surface area contributed by atoms with Crippen molar-refractivity contribution >= 4 is 50.5 Å². The molecular formula is C28H29N5O2. The van der Waals surface area contributed by atoms with Gasteiger partial charge in [0.05, 0.1) is 16.7 Å². The van der Waals surface area contributed by atoms with Crippen LogP contribution in [0.25, 0.3) is 33.0 Å². The Hall–Kier alpha value is -3.84. The summed E-state index contributed by atoms with van der Waals surface area (Å²) in [7, 11) is 0. The van der Waals surface area contributed by atoms with Crippen LogP contribution in [0.15, 0.2) is 54.9 Å². The summed E-state index contributed by atoms with van der Waals surface area (Å²) in [5.41, 5.74) is 11.2. The largest absolute Gasteiger partial charge is 0.398 e. The molecule has 6 rings (SSSR count). The Morgan fingerprint density at radius 2 is 1.63 bits per heavy atom. The number of likely N-dealkylation sites (tertiary alicyclic amines) is 1. The van der Waals surface area contributed by atoms with Crippen molar-refractivity contribution in [3.8, 4) is 0 Å². The fourth-order valence-corrected chi connectivity index (χ4v) is 5.65. The highest BCUT2D eigenvalue weighted by Gasteiger charge is 2.35. The molecule has 7 nitrogen and oxygen atoms in total. The Balaban J connectivity index is 1.45. The van der Waals surface area contributed by atoms with Crippen molar-refractivity contribution in [3.05, 3.63) is 66.0 Å². The molecule has 4 heterocycles. The Labute approximate surface area is 203 Å². The van der Waals surface area contributed by atoms with Gasteiger partial charge in [-0.25, -0.2) is 0 Å². The number of amides is 2. The third kappa shape index (κ3) is 3.72. The van der Waals surface area contributed by atoms with Crippen molar-refractivity contribution in [2.45, 2.75) is 32.2 Å². The first-order valence-electron chi connectivity index (χ1n) is 12.4. The molecule has 2 aromatic carbocycles. The topological polar surface area (TPSA) is 96.1 Å². The highest BCUT2D eigenvalue weighted by atomic mass is 16.2. The van der Waals surface area contributed by atoms with Crippen molar-refractivity contribution in [1.29, 1.82) is 0 Å². The number of aromatic nitrogens is 2. The number of aromatic amines is 1. The molecule has 178 valence electrons. The van der Waals surface area contributed by atoms with Crippen molar-refractivity contribution in [3.63, 3.8) is 0 Å². The van der Waals surface area contributed by atoms with Crippen molar-refractivity contribution < 1.29 is 9.59 Å². The van der Waals surface area contributed by atoms with Gasteiger partial charge in [-0.05, 0) is 57.1 Å². The standard InChI is InChI=1S/C28H29N5O2/c29-21-9-6-11-23-24(21)20(17-33(23)15-7-14-32-12-4-1-5-13-32)26-25(27(34)31-28(26)35)19-16-30-22-10-3-2-8-18(19)22/h2-3,6,8-11,16-17,30H,1,4-5,7,12-15,29H2,(H,31,34,35). The molecule has 0 spiro atoms. The minimum absolute atomic E-state index is 0.379. The number of benzene rings is 2. The number of anilines is 1. The van der Waals surface area contributed by atoms with Crippen LogP contribution in [0, 0.1) is 0 Å². The molecule has 2 aliphatic heterocycles. The monoisotopic (exact) mass is 467 g/mol. The average Bonchev–Trinajstić information content (AvgIpc) is 3.53. The molecule has 1 saturated heterocycles. The first kappa shape index (κ1) is 21.7. The smallest absolute Gasteiger partial charge is 0.259 e. The van der Waals surface area contributed by atoms with Gasteiger partial charge in [0, 0.05) is 52.0 Å². The molecule has 0 atom stereocenters. The number of nitrogens with zero attached hydrogens (tertiary/aromatic N) is 2. The normalized spacial score (nSPS) is 17.1. The maximum absolute atomic E-state index is 13.2. The number of rotatable bonds is 6. The van der Waals surface area contributed by atoms with E-state index in [1.807, 2.05) is 48.7 Å². The highest BCUT2D eigenvalue weighted by Crippen LogP contribution is 2.40. The minimum Gasteiger partial charge on any atom is -0.398 e. The van der Waals surface area contributed by atoms with Crippen LogP contribution in [0.2, 0.25) is 0 Å². The second-order valence-corrected chi connectivity index (χ2v) is 9.51. The van der Waals surface area contributed by atoms with Crippen LogP contribution in [0.1, 0.15) is 36.8 Å². The van der Waals surface area contributed by atoms with Gasteiger partial charge in [-0.2, -0.15) is 0 Å². The van der Waals surface area contributed by atoms with E-state index < -0.39 is 0 Å². The van der Waals surface area contributed by atoms with Gasteiger partial charge < -0.3 is 20.2 Å². The molecule has 7 heteroatoms. The van der Waals surface area contributed by atoms with Gasteiger partial charge >= 0.3 is 0 Å². The van der Waals surface area contributed by atoms with Crippen LogP contribution in [-0.2, 0) is 16.1 Å². The van der Waals surface area contributed by atoms with E-state index >= 15 is 0 Å². The first-order chi connectivity index (χ1) is 17.1. The van der Waals surface area contributed by atoms with Gasteiger partial charge in [-0.3, -0.25) is 14.9 Å². The molecule has 2 amide bonds. The van der Waals surface area contributed by atoms with Crippen molar-refractivity contribution in [2.75, 3.05) is 25.4 Å². The van der Waals surface area contributed by atoms with Gasteiger partial charge in [0.1, 0.15) is 0 Å². The van der Waals surface area contributed by atoms with Gasteiger partial charge in [-0.15, -0.1) is 0 Å². The van der Waals surface area contributed by atoms with E-state index in [4.69, 9.17) is 5.73 Å². The summed E-state index contributed by atoms with van der Waals surface area (Å²) in [6, 6.07) is 13.6. The summed E-state index contributed by atoms with van der Waals surface area (Å²) in [4.78, 5) is 32.0. The summed E-state index contributed by atoms with van der Waals surface area (Å²) < 4.78 is 2.18. The van der Waals surface area contributed by atoms with E-state index in [0.29, 0.717) is 22.4 Å². The van der Waals surface area contributed by atoms with E-state index in [-0.39, 0.29) is 11.8 Å². The number of aryl methyl sites for hydroxylation is 1. The molecule has 35 heavy (non-hydrogen) atoms. The average molecular weight is 468 g/mol. The van der Waals surface area contributed by atoms with E-state index in [9.17, 15) is 9.59 Å². The molecule has 4 N–H and O–H groups in total. The summed E-state index contributed by atoms with van der Waals surface area (Å²) in [6.45, 7) is 4.23. The molecule has 0 unspecified atom stereocenters. The Morgan fingerprint density at radius 1 is 0.857 bits per heavy atom. The fourth-order valence-electron chi connectivity index (χ4n) is 5.65. The summed E-state index contributed by atoms with van der Waals surface area (Å²) in [5.74, 6) is -0.763. The minimum atomic E-state index is -0.383. The van der Waals surface area contributed by atoms with Crippen LogP contribution in [0.3, 0.4) is 0 Å². The molecule has 0 bridgehead atoms. The number of fused-ring (bicyclic) bond motifs is 2. The quantitative estimate of drug-likeness (QED) is 0.293. The maximum atomic E-state index is 13.2. The number of para-hydroxylation sites is 1. The number of carbonyl (C=O) groups excluding carboxylic acids is 2. The van der Waals surface area contributed by atoms with E-state index in [2.05, 4.69) is 19.8 Å². The molecule has 2 aliphatic rings. The zero-order valence-electron chi connectivity index (χ0n) is 19.6. The van der Waals surface area contributed by atoms with Gasteiger partial charge in [-0.1, -0.05) is 30.7 Å². The Kier molecular flexibility index (Phi) is 5.41. The van der Waals surface area contributed by atoms with Crippen LogP contribution in [0.5, 0.6) is 0 Å². The van der Waals surface area contributed by atoms with Gasteiger partial charge in [0.15, 0.2) is 0 Å². The lowest BCUT2D eigenvalue weighted by Gasteiger charge is -2.26. The maximum Gasteiger partial charge on any atom is 0.259 e. The Morgan fingerprint density at radius 3 is 2.46 bits per heavy atom. The van der Waals surface area contributed by atoms with Crippen molar-refractivity contribution in [2.24, 2.45) is 0 Å². The van der Waals surface area contributed by atoms with Crippen LogP contribution < -0.4 is 11.1 Å². The molecule has 0 aliphatic carbocycles. The number of nitrogens with two attached hydrogens (primary N) is 1. The zero-order valence-corrected chi connectivity index (χ0v) is 19.6. The Bertz CT molecular complexity index is 1490. The predicted octanol–water partition coefficient (Wildman–Crippen LogP) is 4.15. The first-order valence-corrected chi connectivity index (χ1v) is 12.4. The summed E-state index contributed by atoms with van der Waals surface area (Å²) in [5, 5.41) is 4.25. The van der Waals surface area contributed by atoms with Crippen molar-refractivity contribution in [1.82, 2.24) is 19.8 Å². The summed E-state index contributed by atoms with van der Waals surface area (Å²) in [6.07, 6.45) is 8.70. The molecular weight excluding hydrogens is 438 g/mol. The third-order valence-corrected chi connectivity index (χ3v) is 7.32. The lowest BCUT2D eigenvalue weighted by molar-refractivity contribution is -0.122. The second kappa shape index (κ2) is 8.74. The number of piperidine rings is 1. The molecule has 0 saturated carbocycles. The lowest BCUT2D eigenvalue weighted by atomic mass is 9.95. The third-order valence-electron chi connectivity index (χ3n) is 7.32. The number of H-pyrrole nitrogens is 1. The highest BCUT2D eigenvalue weighted by molar-refractivity contribution is 6.51. The van der Waals surface area contributed by atoms with E-state index in [1.54, 1.807) is 6.20 Å². The lowest BCUT2D eigenvalue weighted by Crippen LogP contribution is -2.31. The molecule has 2 aromatic heterocycles. The molecule has 0 radical (unpaired) electrons. The van der Waals surface area contributed by atoms with E-state index in [0.717, 1.165) is 46.9 Å². The van der Waals surface area contributed by atoms with Gasteiger partial charge in [0.2, 0.25) is 0 Å². The number of nitrogens with one attached hydrogen (secondary N) is 2. The number of hydrogen-bond donors (Lipinski definition) is 3. The SMILES string of the molecule is Nc1cccc2c1c(C1=C(c3c[nH]c4ccccc34)C(=O)NC1=O)cn2CCCN1CCCCC1. The van der Waals surface area contributed by atoms with Crippen LogP contribution >= 0.6 is 0 Å². The number of imide groups is 1. The van der Waals surface area contributed by atoms with Gasteiger partial charge in [0.25, 0.3) is 11.8 Å². The fraction of sp³-hybridized carbons (Fsp3) is 0.286. The number of nitrogen functional groups attached to an aromatic ring is 1. The molecule has 4 aromatic rings. The van der Waals surface area contributed by atoms with Crippen LogP contribution in [0.4, 0.5) is 5.69 Å². The van der Waals surface area contributed by atoms with Crippen LogP contribution in [-0.4, -0.2) is 45.9 Å².